The zero-order valence-electron chi connectivity index (χ0n) is 11.6. The Balaban J connectivity index is 2.80. The van der Waals surface area contributed by atoms with E-state index in [0.717, 1.165) is 24.9 Å². The molecule has 0 saturated heterocycles. The Morgan fingerprint density at radius 3 is 2.58 bits per heavy atom. The zero-order chi connectivity index (χ0) is 14.4. The van der Waals surface area contributed by atoms with Crippen molar-refractivity contribution >= 4 is 27.3 Å². The van der Waals surface area contributed by atoms with E-state index in [4.69, 9.17) is 0 Å². The number of hydrogen-bond acceptors (Lipinski definition) is 3. The Hall–Kier alpha value is -1.10. The second kappa shape index (κ2) is 7.48. The molecule has 0 aliphatic heterocycles. The Bertz CT molecular complexity index is 437. The van der Waals surface area contributed by atoms with Crippen LogP contribution in [0.25, 0.3) is 0 Å². The van der Waals surface area contributed by atoms with Crippen LogP contribution in [0.2, 0.25) is 0 Å². The monoisotopic (exact) mass is 328 g/mol. The van der Waals surface area contributed by atoms with Crippen LogP contribution in [0.15, 0.2) is 22.7 Å². The highest BCUT2D eigenvalue weighted by molar-refractivity contribution is 9.10. The van der Waals surface area contributed by atoms with E-state index in [9.17, 15) is 10.1 Å². The summed E-state index contributed by atoms with van der Waals surface area (Å²) in [6, 6.07) is 5.53. The highest BCUT2D eigenvalue weighted by Crippen LogP contribution is 2.28. The van der Waals surface area contributed by atoms with Crippen molar-refractivity contribution in [3.05, 3.63) is 32.8 Å². The van der Waals surface area contributed by atoms with Crippen molar-refractivity contribution < 1.29 is 4.92 Å². The average Bonchev–Trinajstić information content (AvgIpc) is 2.39. The van der Waals surface area contributed by atoms with Crippen molar-refractivity contribution in [2.45, 2.75) is 46.1 Å². The number of nitro groups is 1. The average molecular weight is 329 g/mol. The van der Waals surface area contributed by atoms with E-state index in [1.165, 1.54) is 0 Å². The van der Waals surface area contributed by atoms with Crippen LogP contribution in [-0.4, -0.2) is 11.0 Å². The SMILES string of the molecule is CCC(C)CC(CC)Nc1ccc(Br)c([N+](=O)[O-])c1. The summed E-state index contributed by atoms with van der Waals surface area (Å²) in [5, 5.41) is 14.3. The normalized spacial score (nSPS) is 13.9. The summed E-state index contributed by atoms with van der Waals surface area (Å²) in [6.45, 7) is 6.55. The van der Waals surface area contributed by atoms with Crippen LogP contribution < -0.4 is 5.32 Å². The van der Waals surface area contributed by atoms with Gasteiger partial charge in [-0.15, -0.1) is 0 Å². The highest BCUT2D eigenvalue weighted by atomic mass is 79.9. The van der Waals surface area contributed by atoms with E-state index in [-0.39, 0.29) is 10.6 Å². The molecule has 0 bridgehead atoms. The van der Waals surface area contributed by atoms with Crippen LogP contribution in [0, 0.1) is 16.0 Å². The largest absolute Gasteiger partial charge is 0.382 e. The maximum absolute atomic E-state index is 10.9. The third-order valence-electron chi connectivity index (χ3n) is 3.39. The Morgan fingerprint density at radius 2 is 2.05 bits per heavy atom. The van der Waals surface area contributed by atoms with E-state index < -0.39 is 0 Å². The van der Waals surface area contributed by atoms with Crippen LogP contribution in [-0.2, 0) is 0 Å². The van der Waals surface area contributed by atoms with Crippen molar-refractivity contribution in [2.24, 2.45) is 5.92 Å². The third-order valence-corrected chi connectivity index (χ3v) is 4.06. The molecule has 19 heavy (non-hydrogen) atoms. The molecular weight excluding hydrogens is 308 g/mol. The smallest absolute Gasteiger partial charge is 0.285 e. The second-order valence-electron chi connectivity index (χ2n) is 4.92. The van der Waals surface area contributed by atoms with Gasteiger partial charge in [0.1, 0.15) is 0 Å². The van der Waals surface area contributed by atoms with Gasteiger partial charge >= 0.3 is 0 Å². The standard InChI is InChI=1S/C14H21BrN2O2/c1-4-10(3)8-11(5-2)16-12-6-7-13(15)14(9-12)17(18)19/h6-7,9-11,16H,4-5,8H2,1-3H3. The molecule has 1 rings (SSSR count). The first-order valence-corrected chi connectivity index (χ1v) is 7.47. The summed E-state index contributed by atoms with van der Waals surface area (Å²) >= 11 is 3.20. The molecule has 0 aromatic heterocycles. The van der Waals surface area contributed by atoms with Gasteiger partial charge < -0.3 is 5.32 Å². The lowest BCUT2D eigenvalue weighted by atomic mass is 9.97. The molecule has 0 aliphatic carbocycles. The fourth-order valence-corrected chi connectivity index (χ4v) is 2.35. The van der Waals surface area contributed by atoms with Gasteiger partial charge in [0.2, 0.25) is 0 Å². The van der Waals surface area contributed by atoms with Crippen LogP contribution in [0.5, 0.6) is 0 Å². The minimum Gasteiger partial charge on any atom is -0.382 e. The van der Waals surface area contributed by atoms with Crippen LogP contribution >= 0.6 is 15.9 Å². The molecule has 0 spiro atoms. The second-order valence-corrected chi connectivity index (χ2v) is 5.78. The van der Waals surface area contributed by atoms with Gasteiger partial charge in [0.15, 0.2) is 0 Å². The lowest BCUT2D eigenvalue weighted by molar-refractivity contribution is -0.385. The van der Waals surface area contributed by atoms with Gasteiger partial charge in [-0.1, -0.05) is 27.2 Å². The molecule has 4 nitrogen and oxygen atoms in total. The van der Waals surface area contributed by atoms with E-state index in [1.54, 1.807) is 12.1 Å². The van der Waals surface area contributed by atoms with Gasteiger partial charge in [0.05, 0.1) is 9.40 Å². The van der Waals surface area contributed by atoms with Gasteiger partial charge in [-0.2, -0.15) is 0 Å². The minimum atomic E-state index is -0.370. The first-order chi connectivity index (χ1) is 8.97. The molecule has 1 aromatic carbocycles. The van der Waals surface area contributed by atoms with Crippen molar-refractivity contribution in [1.82, 2.24) is 0 Å². The number of nitrogens with zero attached hydrogens (tertiary/aromatic N) is 1. The molecular formula is C14H21BrN2O2. The molecule has 0 aliphatic rings. The third kappa shape index (κ3) is 4.82. The maximum Gasteiger partial charge on any atom is 0.285 e. The van der Waals surface area contributed by atoms with Gasteiger partial charge in [-0.3, -0.25) is 10.1 Å². The van der Waals surface area contributed by atoms with Crippen LogP contribution in [0.1, 0.15) is 40.0 Å². The number of hydrogen-bond donors (Lipinski definition) is 1. The van der Waals surface area contributed by atoms with Gasteiger partial charge in [0, 0.05) is 17.8 Å². The molecule has 0 radical (unpaired) electrons. The zero-order valence-corrected chi connectivity index (χ0v) is 13.2. The van der Waals surface area contributed by atoms with Gasteiger partial charge in [0.25, 0.3) is 5.69 Å². The molecule has 0 amide bonds. The first kappa shape index (κ1) is 16.0. The predicted octanol–water partition coefficient (Wildman–Crippen LogP) is 4.98. The molecule has 0 saturated carbocycles. The molecule has 0 fully saturated rings. The number of anilines is 1. The van der Waals surface area contributed by atoms with Crippen molar-refractivity contribution in [3.8, 4) is 0 Å². The number of nitro benzene ring substituents is 1. The maximum atomic E-state index is 10.9. The fourth-order valence-electron chi connectivity index (χ4n) is 1.96. The lowest BCUT2D eigenvalue weighted by Gasteiger charge is -2.21. The van der Waals surface area contributed by atoms with Gasteiger partial charge in [-0.05, 0) is 46.8 Å². The summed E-state index contributed by atoms with van der Waals surface area (Å²) < 4.78 is 0.512. The highest BCUT2D eigenvalue weighted by Gasteiger charge is 2.15. The van der Waals surface area contributed by atoms with E-state index in [1.807, 2.05) is 6.07 Å². The summed E-state index contributed by atoms with van der Waals surface area (Å²) in [5.41, 5.74) is 0.911. The number of nitrogens with one attached hydrogen (secondary N) is 1. The molecule has 106 valence electrons. The number of benzene rings is 1. The van der Waals surface area contributed by atoms with E-state index in [2.05, 4.69) is 42.0 Å². The molecule has 2 unspecified atom stereocenters. The molecule has 1 aromatic rings. The Kier molecular flexibility index (Phi) is 6.28. The Labute approximate surface area is 122 Å². The molecule has 1 N–H and O–H groups in total. The summed E-state index contributed by atoms with van der Waals surface area (Å²) in [4.78, 5) is 10.5. The number of halogens is 1. The quantitative estimate of drug-likeness (QED) is 0.567. The lowest BCUT2D eigenvalue weighted by Crippen LogP contribution is -2.21. The summed E-state index contributed by atoms with van der Waals surface area (Å²) in [7, 11) is 0. The van der Waals surface area contributed by atoms with Crippen molar-refractivity contribution in [1.29, 1.82) is 0 Å². The minimum absolute atomic E-state index is 0.100. The van der Waals surface area contributed by atoms with Crippen molar-refractivity contribution in [2.75, 3.05) is 5.32 Å². The van der Waals surface area contributed by atoms with Crippen molar-refractivity contribution in [3.63, 3.8) is 0 Å². The van der Waals surface area contributed by atoms with E-state index in [0.29, 0.717) is 16.4 Å². The van der Waals surface area contributed by atoms with E-state index >= 15 is 0 Å². The van der Waals surface area contributed by atoms with Gasteiger partial charge in [-0.25, -0.2) is 0 Å². The Morgan fingerprint density at radius 1 is 1.37 bits per heavy atom. The molecule has 0 heterocycles. The summed E-state index contributed by atoms with van der Waals surface area (Å²) in [5.74, 6) is 0.655. The van der Waals surface area contributed by atoms with Crippen LogP contribution in [0.3, 0.4) is 0 Å². The summed E-state index contributed by atoms with van der Waals surface area (Å²) in [6.07, 6.45) is 3.24. The first-order valence-electron chi connectivity index (χ1n) is 6.68. The van der Waals surface area contributed by atoms with Crippen LogP contribution in [0.4, 0.5) is 11.4 Å². The topological polar surface area (TPSA) is 55.2 Å². The molecule has 2 atom stereocenters. The predicted molar refractivity (Wildman–Crippen MR) is 82.6 cm³/mol. The molecule has 5 heteroatoms. The fraction of sp³-hybridized carbons (Fsp3) is 0.571. The number of rotatable bonds is 7.